The van der Waals surface area contributed by atoms with E-state index in [0.29, 0.717) is 26.4 Å². The molecule has 0 unspecified atom stereocenters. The first-order valence-corrected chi connectivity index (χ1v) is 4.54. The summed E-state index contributed by atoms with van der Waals surface area (Å²) in [7, 11) is 1.64. The average Bonchev–Trinajstić information content (AvgIpc) is 2.01. The summed E-state index contributed by atoms with van der Waals surface area (Å²) in [5.74, 6) is 0. The predicted octanol–water partition coefficient (Wildman–Crippen LogP) is 0.969. The minimum absolute atomic E-state index is 0.0752. The Labute approximate surface area is 80.5 Å². The third-order valence-electron chi connectivity index (χ3n) is 1.23. The van der Waals surface area contributed by atoms with Gasteiger partial charge in [-0.2, -0.15) is 0 Å². The van der Waals surface area contributed by atoms with Crippen LogP contribution in [0.3, 0.4) is 0 Å². The molecule has 0 rings (SSSR count). The minimum atomic E-state index is -0.0752. The van der Waals surface area contributed by atoms with E-state index in [9.17, 15) is 0 Å². The van der Waals surface area contributed by atoms with Crippen molar-refractivity contribution < 1.29 is 14.3 Å². The molecule has 0 saturated heterocycles. The van der Waals surface area contributed by atoms with Crippen LogP contribution in [0.1, 0.15) is 20.8 Å². The average molecular weight is 191 g/mol. The van der Waals surface area contributed by atoms with Crippen molar-refractivity contribution in [2.45, 2.75) is 26.4 Å². The van der Waals surface area contributed by atoms with E-state index in [2.05, 4.69) is 5.48 Å². The molecular weight excluding hydrogens is 170 g/mol. The number of methoxy groups -OCH3 is 1. The van der Waals surface area contributed by atoms with Gasteiger partial charge < -0.3 is 9.47 Å². The predicted molar refractivity (Wildman–Crippen MR) is 51.5 cm³/mol. The fourth-order valence-electron chi connectivity index (χ4n) is 0.668. The number of nitrogens with one attached hydrogen (secondary N) is 1. The Kier molecular flexibility index (Phi) is 7.17. The second kappa shape index (κ2) is 7.26. The highest BCUT2D eigenvalue weighted by molar-refractivity contribution is 4.58. The molecular formula is C9H21NO3. The zero-order valence-electron chi connectivity index (χ0n) is 9.05. The zero-order valence-corrected chi connectivity index (χ0v) is 9.05. The molecule has 80 valence electrons. The molecule has 0 saturated carbocycles. The lowest BCUT2D eigenvalue weighted by molar-refractivity contribution is -0.0370. The van der Waals surface area contributed by atoms with E-state index >= 15 is 0 Å². The monoisotopic (exact) mass is 191 g/mol. The van der Waals surface area contributed by atoms with Crippen molar-refractivity contribution in [2.75, 3.05) is 33.5 Å². The molecule has 0 aliphatic heterocycles. The normalized spacial score (nSPS) is 12.0. The fraction of sp³-hybridized carbons (Fsp3) is 1.00. The SMILES string of the molecule is COCCONCCOC(C)(C)C. The Morgan fingerprint density at radius 1 is 1.08 bits per heavy atom. The molecule has 0 aromatic heterocycles. The molecule has 0 amide bonds. The first-order chi connectivity index (χ1) is 6.06. The Morgan fingerprint density at radius 2 is 1.77 bits per heavy atom. The van der Waals surface area contributed by atoms with Crippen LogP contribution in [0.15, 0.2) is 0 Å². The third-order valence-corrected chi connectivity index (χ3v) is 1.23. The lowest BCUT2D eigenvalue weighted by Gasteiger charge is -2.19. The van der Waals surface area contributed by atoms with Crippen LogP contribution in [0.4, 0.5) is 0 Å². The Hall–Kier alpha value is -0.160. The van der Waals surface area contributed by atoms with E-state index in [1.54, 1.807) is 7.11 Å². The molecule has 0 aliphatic rings. The maximum atomic E-state index is 5.46. The number of hydrogen-bond acceptors (Lipinski definition) is 4. The summed E-state index contributed by atoms with van der Waals surface area (Å²) in [6, 6.07) is 0. The molecule has 4 nitrogen and oxygen atoms in total. The van der Waals surface area contributed by atoms with E-state index in [1.165, 1.54) is 0 Å². The summed E-state index contributed by atoms with van der Waals surface area (Å²) >= 11 is 0. The fourth-order valence-corrected chi connectivity index (χ4v) is 0.668. The van der Waals surface area contributed by atoms with Crippen LogP contribution in [-0.2, 0) is 14.3 Å². The molecule has 0 spiro atoms. The zero-order chi connectivity index (χ0) is 10.2. The van der Waals surface area contributed by atoms with Gasteiger partial charge in [-0.3, -0.25) is 4.84 Å². The van der Waals surface area contributed by atoms with E-state index in [1.807, 2.05) is 20.8 Å². The quantitative estimate of drug-likeness (QED) is 0.481. The van der Waals surface area contributed by atoms with Crippen molar-refractivity contribution in [3.63, 3.8) is 0 Å². The molecule has 4 heteroatoms. The van der Waals surface area contributed by atoms with Gasteiger partial charge in [0.05, 0.1) is 25.4 Å². The smallest absolute Gasteiger partial charge is 0.0915 e. The molecule has 13 heavy (non-hydrogen) atoms. The molecule has 0 aromatic carbocycles. The molecule has 0 radical (unpaired) electrons. The van der Waals surface area contributed by atoms with Gasteiger partial charge in [0.25, 0.3) is 0 Å². The van der Waals surface area contributed by atoms with Gasteiger partial charge in [-0.15, -0.1) is 0 Å². The number of rotatable bonds is 7. The van der Waals surface area contributed by atoms with Crippen LogP contribution in [0.5, 0.6) is 0 Å². The lowest BCUT2D eigenvalue weighted by Crippen LogP contribution is -2.27. The molecule has 0 fully saturated rings. The number of hydrogen-bond donors (Lipinski definition) is 1. The van der Waals surface area contributed by atoms with E-state index in [4.69, 9.17) is 14.3 Å². The Morgan fingerprint density at radius 3 is 2.31 bits per heavy atom. The summed E-state index contributed by atoms with van der Waals surface area (Å²) in [6.07, 6.45) is 0. The molecule has 0 heterocycles. The van der Waals surface area contributed by atoms with Gasteiger partial charge in [0.15, 0.2) is 0 Å². The van der Waals surface area contributed by atoms with Gasteiger partial charge in [0.1, 0.15) is 0 Å². The molecule has 0 aromatic rings. The Balaban J connectivity index is 3.00. The van der Waals surface area contributed by atoms with E-state index in [0.717, 1.165) is 0 Å². The van der Waals surface area contributed by atoms with Gasteiger partial charge in [0.2, 0.25) is 0 Å². The lowest BCUT2D eigenvalue weighted by atomic mass is 10.2. The molecule has 0 atom stereocenters. The maximum Gasteiger partial charge on any atom is 0.0915 e. The highest BCUT2D eigenvalue weighted by atomic mass is 16.7. The molecule has 1 N–H and O–H groups in total. The summed E-state index contributed by atoms with van der Waals surface area (Å²) in [5.41, 5.74) is 2.71. The molecule has 0 aliphatic carbocycles. The number of ether oxygens (including phenoxy) is 2. The third kappa shape index (κ3) is 11.8. The van der Waals surface area contributed by atoms with Crippen LogP contribution in [0, 0.1) is 0 Å². The number of hydroxylamine groups is 1. The summed E-state index contributed by atoms with van der Waals surface area (Å²) in [4.78, 5) is 5.03. The maximum absolute atomic E-state index is 5.46. The standard InChI is InChI=1S/C9H21NO3/c1-9(2,3)12-6-5-10-13-8-7-11-4/h10H,5-8H2,1-4H3. The van der Waals surface area contributed by atoms with Crippen molar-refractivity contribution in [3.05, 3.63) is 0 Å². The van der Waals surface area contributed by atoms with Crippen molar-refractivity contribution in [2.24, 2.45) is 0 Å². The highest BCUT2D eigenvalue weighted by Crippen LogP contribution is 2.04. The van der Waals surface area contributed by atoms with Gasteiger partial charge in [-0.1, -0.05) is 0 Å². The van der Waals surface area contributed by atoms with Crippen molar-refractivity contribution in [3.8, 4) is 0 Å². The van der Waals surface area contributed by atoms with Crippen LogP contribution >= 0.6 is 0 Å². The summed E-state index contributed by atoms with van der Waals surface area (Å²) < 4.78 is 10.3. The van der Waals surface area contributed by atoms with Gasteiger partial charge in [-0.05, 0) is 20.8 Å². The Bertz CT molecular complexity index is 112. The summed E-state index contributed by atoms with van der Waals surface area (Å²) in [6.45, 7) is 8.59. The summed E-state index contributed by atoms with van der Waals surface area (Å²) in [5, 5.41) is 0. The van der Waals surface area contributed by atoms with Gasteiger partial charge in [-0.25, -0.2) is 5.48 Å². The topological polar surface area (TPSA) is 39.7 Å². The van der Waals surface area contributed by atoms with Crippen LogP contribution < -0.4 is 5.48 Å². The van der Waals surface area contributed by atoms with Crippen LogP contribution in [-0.4, -0.2) is 39.1 Å². The largest absolute Gasteiger partial charge is 0.382 e. The van der Waals surface area contributed by atoms with Crippen molar-refractivity contribution in [1.29, 1.82) is 0 Å². The van der Waals surface area contributed by atoms with E-state index < -0.39 is 0 Å². The minimum Gasteiger partial charge on any atom is -0.382 e. The van der Waals surface area contributed by atoms with Crippen molar-refractivity contribution >= 4 is 0 Å². The second-order valence-corrected chi connectivity index (χ2v) is 3.70. The second-order valence-electron chi connectivity index (χ2n) is 3.70. The van der Waals surface area contributed by atoms with Crippen LogP contribution in [0.2, 0.25) is 0 Å². The highest BCUT2D eigenvalue weighted by Gasteiger charge is 2.08. The first-order valence-electron chi connectivity index (χ1n) is 4.54. The van der Waals surface area contributed by atoms with Crippen LogP contribution in [0.25, 0.3) is 0 Å². The van der Waals surface area contributed by atoms with Gasteiger partial charge >= 0.3 is 0 Å². The van der Waals surface area contributed by atoms with Crippen molar-refractivity contribution in [1.82, 2.24) is 5.48 Å². The van der Waals surface area contributed by atoms with E-state index in [-0.39, 0.29) is 5.60 Å². The molecule has 0 bridgehead atoms. The first kappa shape index (κ1) is 12.8. The van der Waals surface area contributed by atoms with Gasteiger partial charge in [0, 0.05) is 13.7 Å².